The maximum atomic E-state index is 12.3. The van der Waals surface area contributed by atoms with Crippen LogP contribution in [0.4, 0.5) is 0 Å². The van der Waals surface area contributed by atoms with Crippen molar-refractivity contribution in [1.29, 1.82) is 0 Å². The van der Waals surface area contributed by atoms with E-state index in [0.29, 0.717) is 10.2 Å². The zero-order valence-electron chi connectivity index (χ0n) is 13.7. The molecule has 25 heavy (non-hydrogen) atoms. The zero-order valence-corrected chi connectivity index (χ0v) is 15.3. The molecule has 0 saturated carbocycles. The summed E-state index contributed by atoms with van der Waals surface area (Å²) < 4.78 is 10.8. The van der Waals surface area contributed by atoms with Gasteiger partial charge in [0.05, 0.1) is 0 Å². The number of halogens is 1. The first-order valence-electron chi connectivity index (χ1n) is 7.37. The molecule has 0 bridgehead atoms. The van der Waals surface area contributed by atoms with Crippen molar-refractivity contribution >= 4 is 33.7 Å². The van der Waals surface area contributed by atoms with E-state index < -0.39 is 18.0 Å². The molecule has 0 fully saturated rings. The first-order chi connectivity index (χ1) is 11.9. The maximum absolute atomic E-state index is 12.3. The number of esters is 1. The van der Waals surface area contributed by atoms with Crippen LogP contribution in [0.25, 0.3) is 0 Å². The molecule has 0 radical (unpaired) electrons. The van der Waals surface area contributed by atoms with Crippen molar-refractivity contribution in [1.82, 2.24) is 10.2 Å². The van der Waals surface area contributed by atoms with Gasteiger partial charge < -0.3 is 19.4 Å². The topological polar surface area (TPSA) is 88.9 Å². The highest BCUT2D eigenvalue weighted by Crippen LogP contribution is 2.19. The minimum Gasteiger partial charge on any atom is -0.446 e. The first-order valence-corrected chi connectivity index (χ1v) is 8.17. The fraction of sp³-hybridized carbons (Fsp3) is 0.235. The lowest BCUT2D eigenvalue weighted by molar-refractivity contribution is -0.158. The van der Waals surface area contributed by atoms with Gasteiger partial charge in [-0.15, -0.1) is 0 Å². The molecule has 7 nitrogen and oxygen atoms in total. The summed E-state index contributed by atoms with van der Waals surface area (Å²) in [5, 5.41) is 2.38. The van der Waals surface area contributed by atoms with E-state index in [-0.39, 0.29) is 18.2 Å². The molecule has 0 aliphatic heterocycles. The third kappa shape index (κ3) is 5.18. The molecule has 8 heteroatoms. The van der Waals surface area contributed by atoms with Gasteiger partial charge in [0.1, 0.15) is 6.54 Å². The molecule has 1 atom stereocenters. The lowest BCUT2D eigenvalue weighted by Gasteiger charge is -2.21. The summed E-state index contributed by atoms with van der Waals surface area (Å²) >= 11 is 3.09. The Kier molecular flexibility index (Phi) is 6.35. The molecule has 1 aromatic heterocycles. The van der Waals surface area contributed by atoms with Gasteiger partial charge in [0.2, 0.25) is 6.10 Å². The van der Waals surface area contributed by atoms with Crippen LogP contribution in [-0.2, 0) is 14.3 Å². The fourth-order valence-electron chi connectivity index (χ4n) is 1.97. The highest BCUT2D eigenvalue weighted by atomic mass is 79.9. The van der Waals surface area contributed by atoms with Gasteiger partial charge in [0.25, 0.3) is 11.8 Å². The molecule has 1 heterocycles. The molecular formula is C17H17BrN2O5. The molecule has 132 valence electrons. The van der Waals surface area contributed by atoms with Gasteiger partial charge in [-0.2, -0.15) is 0 Å². The van der Waals surface area contributed by atoms with Crippen molar-refractivity contribution < 1.29 is 23.5 Å². The fourth-order valence-corrected chi connectivity index (χ4v) is 2.28. The molecule has 1 aromatic carbocycles. The van der Waals surface area contributed by atoms with E-state index in [0.717, 1.165) is 0 Å². The SMILES string of the molecule is CN(C)C(=O)[C@@H](OC(=O)CNC(=O)c1ccc(Br)o1)c1ccccc1. The quantitative estimate of drug-likeness (QED) is 0.739. The summed E-state index contributed by atoms with van der Waals surface area (Å²) in [7, 11) is 3.14. The Morgan fingerprint density at radius 2 is 1.84 bits per heavy atom. The Labute approximate surface area is 153 Å². The Hall–Kier alpha value is -2.61. The summed E-state index contributed by atoms with van der Waals surface area (Å²) in [6.07, 6.45) is -1.07. The number of carbonyl (C=O) groups excluding carboxylic acids is 3. The molecule has 0 saturated heterocycles. The van der Waals surface area contributed by atoms with E-state index in [4.69, 9.17) is 9.15 Å². The summed E-state index contributed by atoms with van der Waals surface area (Å²) in [6, 6.07) is 11.7. The second-order valence-electron chi connectivity index (χ2n) is 5.30. The lowest BCUT2D eigenvalue weighted by atomic mass is 10.1. The number of likely N-dealkylation sites (N-methyl/N-ethyl adjacent to an activating group) is 1. The number of benzene rings is 1. The number of nitrogens with one attached hydrogen (secondary N) is 1. The van der Waals surface area contributed by atoms with E-state index in [2.05, 4.69) is 21.2 Å². The van der Waals surface area contributed by atoms with Crippen LogP contribution in [0.2, 0.25) is 0 Å². The summed E-state index contributed by atoms with van der Waals surface area (Å²) in [4.78, 5) is 37.5. The minimum atomic E-state index is -1.07. The Balaban J connectivity index is 1.99. The minimum absolute atomic E-state index is 0.0589. The normalized spacial score (nSPS) is 11.5. The van der Waals surface area contributed by atoms with E-state index >= 15 is 0 Å². The van der Waals surface area contributed by atoms with E-state index in [1.54, 1.807) is 50.5 Å². The van der Waals surface area contributed by atoms with Crippen LogP contribution in [0.15, 0.2) is 51.6 Å². The van der Waals surface area contributed by atoms with Gasteiger partial charge in [-0.3, -0.25) is 14.4 Å². The van der Waals surface area contributed by atoms with Crippen molar-refractivity contribution in [2.24, 2.45) is 0 Å². The van der Waals surface area contributed by atoms with Crippen molar-refractivity contribution in [3.63, 3.8) is 0 Å². The van der Waals surface area contributed by atoms with E-state index in [9.17, 15) is 14.4 Å². The Bertz CT molecular complexity index is 757. The van der Waals surface area contributed by atoms with Crippen LogP contribution < -0.4 is 5.32 Å². The number of carbonyl (C=O) groups is 3. The van der Waals surface area contributed by atoms with Crippen LogP contribution in [0.1, 0.15) is 22.2 Å². The maximum Gasteiger partial charge on any atom is 0.326 e. The number of rotatable bonds is 6. The summed E-state index contributed by atoms with van der Waals surface area (Å²) in [5.41, 5.74) is 0.552. The van der Waals surface area contributed by atoms with Gasteiger partial charge in [-0.1, -0.05) is 30.3 Å². The average molecular weight is 409 g/mol. The molecule has 0 unspecified atom stereocenters. The first kappa shape index (κ1) is 18.7. The van der Waals surface area contributed by atoms with Crippen LogP contribution in [0.5, 0.6) is 0 Å². The molecule has 1 N–H and O–H groups in total. The highest BCUT2D eigenvalue weighted by Gasteiger charge is 2.26. The smallest absolute Gasteiger partial charge is 0.326 e. The van der Waals surface area contributed by atoms with Gasteiger partial charge in [-0.25, -0.2) is 0 Å². The van der Waals surface area contributed by atoms with Crippen molar-refractivity contribution in [2.75, 3.05) is 20.6 Å². The standard InChI is InChI=1S/C17H17BrN2O5/c1-20(2)17(23)15(11-6-4-3-5-7-11)25-14(21)10-19-16(22)12-8-9-13(18)24-12/h3-9,15H,10H2,1-2H3,(H,19,22)/t15-/m0/s1. The number of ether oxygens (including phenoxy) is 1. The predicted octanol–water partition coefficient (Wildman–Crippen LogP) is 2.14. The molecule has 2 aromatic rings. The van der Waals surface area contributed by atoms with Crippen LogP contribution in [0.3, 0.4) is 0 Å². The number of hydrogen-bond acceptors (Lipinski definition) is 5. The number of hydrogen-bond donors (Lipinski definition) is 1. The van der Waals surface area contributed by atoms with Crippen LogP contribution in [-0.4, -0.2) is 43.3 Å². The van der Waals surface area contributed by atoms with E-state index in [1.807, 2.05) is 0 Å². The Morgan fingerprint density at radius 1 is 1.16 bits per heavy atom. The third-order valence-corrected chi connectivity index (χ3v) is 3.63. The van der Waals surface area contributed by atoms with Crippen LogP contribution in [0, 0.1) is 0 Å². The number of furan rings is 1. The van der Waals surface area contributed by atoms with Crippen molar-refractivity contribution in [2.45, 2.75) is 6.10 Å². The monoisotopic (exact) mass is 408 g/mol. The third-order valence-electron chi connectivity index (χ3n) is 3.21. The van der Waals surface area contributed by atoms with Crippen molar-refractivity contribution in [3.8, 4) is 0 Å². The van der Waals surface area contributed by atoms with Crippen LogP contribution >= 0.6 is 15.9 Å². The van der Waals surface area contributed by atoms with Gasteiger partial charge in [0, 0.05) is 19.7 Å². The molecule has 2 rings (SSSR count). The van der Waals surface area contributed by atoms with Gasteiger partial charge >= 0.3 is 5.97 Å². The van der Waals surface area contributed by atoms with Gasteiger partial charge in [-0.05, 0) is 28.1 Å². The second-order valence-corrected chi connectivity index (χ2v) is 6.08. The predicted molar refractivity (Wildman–Crippen MR) is 92.7 cm³/mol. The molecule has 0 aliphatic carbocycles. The summed E-state index contributed by atoms with van der Waals surface area (Å²) in [5.74, 6) is -1.61. The highest BCUT2D eigenvalue weighted by molar-refractivity contribution is 9.10. The summed E-state index contributed by atoms with van der Waals surface area (Å²) in [6.45, 7) is -0.388. The molecule has 0 aliphatic rings. The van der Waals surface area contributed by atoms with Gasteiger partial charge in [0.15, 0.2) is 10.4 Å². The van der Waals surface area contributed by atoms with E-state index in [1.165, 1.54) is 11.0 Å². The molecule has 0 spiro atoms. The molecular weight excluding hydrogens is 392 g/mol. The molecule has 2 amide bonds. The zero-order chi connectivity index (χ0) is 18.4. The number of nitrogens with zero attached hydrogens (tertiary/aromatic N) is 1. The largest absolute Gasteiger partial charge is 0.446 e. The lowest BCUT2D eigenvalue weighted by Crippen LogP contribution is -2.35. The average Bonchev–Trinajstić information content (AvgIpc) is 3.04. The van der Waals surface area contributed by atoms with Crippen molar-refractivity contribution in [3.05, 3.63) is 58.5 Å². The Morgan fingerprint density at radius 3 is 2.40 bits per heavy atom. The second kappa shape index (κ2) is 8.48. The number of amides is 2.